The first-order chi connectivity index (χ1) is 7.79. The van der Waals surface area contributed by atoms with Gasteiger partial charge in [-0.2, -0.15) is 0 Å². The molecule has 0 atom stereocenters. The molecule has 5 heteroatoms. The number of amides is 1. The minimum Gasteiger partial charge on any atom is -0.302 e. The topological polar surface area (TPSA) is 42.0 Å². The standard InChI is InChI=1S/C11H15BrN2OS/c12-6-2-1-3-10(15)14-11-13-9(7-16-11)8-4-5-8/h7-8H,1-6H2,(H,13,14,15). The quantitative estimate of drug-likeness (QED) is 0.645. The van der Waals surface area contributed by atoms with Crippen LogP contribution in [-0.4, -0.2) is 16.2 Å². The van der Waals surface area contributed by atoms with Crippen molar-refractivity contribution in [2.45, 2.75) is 38.0 Å². The van der Waals surface area contributed by atoms with Crippen LogP contribution in [0, 0.1) is 0 Å². The third-order valence-corrected chi connectivity index (χ3v) is 3.89. The van der Waals surface area contributed by atoms with Gasteiger partial charge >= 0.3 is 0 Å². The minimum absolute atomic E-state index is 0.0812. The molecule has 0 unspecified atom stereocenters. The van der Waals surface area contributed by atoms with E-state index in [1.807, 2.05) is 0 Å². The van der Waals surface area contributed by atoms with Crippen molar-refractivity contribution in [3.05, 3.63) is 11.1 Å². The van der Waals surface area contributed by atoms with E-state index in [9.17, 15) is 4.79 Å². The Bertz CT molecular complexity index is 363. The summed E-state index contributed by atoms with van der Waals surface area (Å²) < 4.78 is 0. The molecule has 1 N–H and O–H groups in total. The van der Waals surface area contributed by atoms with Gasteiger partial charge in [-0.05, 0) is 25.7 Å². The van der Waals surface area contributed by atoms with Gasteiger partial charge in [-0.25, -0.2) is 4.98 Å². The van der Waals surface area contributed by atoms with E-state index in [4.69, 9.17) is 0 Å². The number of alkyl halides is 1. The van der Waals surface area contributed by atoms with Crippen LogP contribution in [0.25, 0.3) is 0 Å². The van der Waals surface area contributed by atoms with Crippen molar-refractivity contribution >= 4 is 38.3 Å². The van der Waals surface area contributed by atoms with Gasteiger partial charge in [-0.3, -0.25) is 4.79 Å². The number of unbranched alkanes of at least 4 members (excludes halogenated alkanes) is 1. The Kier molecular flexibility index (Phi) is 4.35. The fourth-order valence-corrected chi connectivity index (χ4v) is 2.68. The van der Waals surface area contributed by atoms with Crippen molar-refractivity contribution in [1.29, 1.82) is 0 Å². The van der Waals surface area contributed by atoms with Crippen LogP contribution in [0.1, 0.15) is 43.7 Å². The van der Waals surface area contributed by atoms with E-state index in [0.717, 1.165) is 29.0 Å². The monoisotopic (exact) mass is 302 g/mol. The van der Waals surface area contributed by atoms with Crippen molar-refractivity contribution in [3.8, 4) is 0 Å². The van der Waals surface area contributed by atoms with Gasteiger partial charge in [-0.15, -0.1) is 11.3 Å². The summed E-state index contributed by atoms with van der Waals surface area (Å²) in [6.07, 6.45) is 5.06. The first-order valence-corrected chi connectivity index (χ1v) is 7.61. The maximum Gasteiger partial charge on any atom is 0.226 e. The summed E-state index contributed by atoms with van der Waals surface area (Å²) in [6, 6.07) is 0. The highest BCUT2D eigenvalue weighted by atomic mass is 79.9. The lowest BCUT2D eigenvalue weighted by Crippen LogP contribution is -2.10. The van der Waals surface area contributed by atoms with Crippen LogP contribution >= 0.6 is 27.3 Å². The lowest BCUT2D eigenvalue weighted by Gasteiger charge is -2.00. The fourth-order valence-electron chi connectivity index (χ4n) is 1.47. The highest BCUT2D eigenvalue weighted by molar-refractivity contribution is 9.09. The number of nitrogens with one attached hydrogen (secondary N) is 1. The van der Waals surface area contributed by atoms with Gasteiger partial charge in [0.2, 0.25) is 5.91 Å². The average molecular weight is 303 g/mol. The SMILES string of the molecule is O=C(CCCCBr)Nc1nc(C2CC2)cs1. The number of hydrogen-bond donors (Lipinski definition) is 1. The Morgan fingerprint density at radius 1 is 1.56 bits per heavy atom. The Hall–Kier alpha value is -0.420. The Labute approximate surface area is 108 Å². The number of carbonyl (C=O) groups is 1. The molecule has 16 heavy (non-hydrogen) atoms. The predicted molar refractivity (Wildman–Crippen MR) is 70.4 cm³/mol. The zero-order valence-electron chi connectivity index (χ0n) is 9.04. The number of aromatic nitrogens is 1. The van der Waals surface area contributed by atoms with Gasteiger partial charge in [0.1, 0.15) is 0 Å². The largest absolute Gasteiger partial charge is 0.302 e. The molecule has 1 saturated carbocycles. The van der Waals surface area contributed by atoms with Crippen molar-refractivity contribution < 1.29 is 4.79 Å². The van der Waals surface area contributed by atoms with E-state index in [1.165, 1.54) is 24.2 Å². The first kappa shape index (κ1) is 12.0. The molecule has 1 aromatic heterocycles. The number of carbonyl (C=O) groups excluding carboxylic acids is 1. The van der Waals surface area contributed by atoms with E-state index < -0.39 is 0 Å². The zero-order chi connectivity index (χ0) is 11.4. The second-order valence-electron chi connectivity index (χ2n) is 4.05. The Morgan fingerprint density at radius 3 is 3.06 bits per heavy atom. The summed E-state index contributed by atoms with van der Waals surface area (Å²) in [5.74, 6) is 0.743. The molecule has 1 heterocycles. The molecule has 1 aromatic rings. The molecule has 1 fully saturated rings. The van der Waals surface area contributed by atoms with Crippen molar-refractivity contribution in [2.24, 2.45) is 0 Å². The molecule has 1 aliphatic carbocycles. The highest BCUT2D eigenvalue weighted by Gasteiger charge is 2.26. The third kappa shape index (κ3) is 3.56. The van der Waals surface area contributed by atoms with Gasteiger partial charge < -0.3 is 5.32 Å². The number of hydrogen-bond acceptors (Lipinski definition) is 3. The summed E-state index contributed by atoms with van der Waals surface area (Å²) in [4.78, 5) is 15.9. The van der Waals surface area contributed by atoms with E-state index in [1.54, 1.807) is 0 Å². The van der Waals surface area contributed by atoms with Gasteiger partial charge in [-0.1, -0.05) is 15.9 Å². The zero-order valence-corrected chi connectivity index (χ0v) is 11.4. The lowest BCUT2D eigenvalue weighted by atomic mass is 10.2. The van der Waals surface area contributed by atoms with Crippen LogP contribution < -0.4 is 5.32 Å². The second kappa shape index (κ2) is 5.77. The average Bonchev–Trinajstić information content (AvgIpc) is 3.01. The molecule has 0 spiro atoms. The molecular weight excluding hydrogens is 288 g/mol. The molecular formula is C11H15BrN2OS. The lowest BCUT2D eigenvalue weighted by molar-refractivity contribution is -0.116. The molecule has 0 saturated heterocycles. The van der Waals surface area contributed by atoms with Crippen LogP contribution in [-0.2, 0) is 4.79 Å². The molecule has 1 amide bonds. The number of anilines is 1. The number of thiazole rings is 1. The van der Waals surface area contributed by atoms with Crippen LogP contribution in [0.3, 0.4) is 0 Å². The van der Waals surface area contributed by atoms with Gasteiger partial charge in [0, 0.05) is 23.0 Å². The minimum atomic E-state index is 0.0812. The van der Waals surface area contributed by atoms with Crippen molar-refractivity contribution in [2.75, 3.05) is 10.6 Å². The molecule has 0 aromatic carbocycles. The maximum absolute atomic E-state index is 11.5. The Balaban J connectivity index is 1.76. The van der Waals surface area contributed by atoms with Crippen LogP contribution in [0.2, 0.25) is 0 Å². The van der Waals surface area contributed by atoms with Crippen molar-refractivity contribution in [3.63, 3.8) is 0 Å². The number of halogens is 1. The van der Waals surface area contributed by atoms with Crippen molar-refractivity contribution in [1.82, 2.24) is 4.98 Å². The van der Waals surface area contributed by atoms with E-state index in [-0.39, 0.29) is 5.91 Å². The third-order valence-electron chi connectivity index (χ3n) is 2.55. The van der Waals surface area contributed by atoms with Gasteiger partial charge in [0.15, 0.2) is 5.13 Å². The number of nitrogens with zero attached hydrogens (tertiary/aromatic N) is 1. The molecule has 88 valence electrons. The molecule has 3 nitrogen and oxygen atoms in total. The van der Waals surface area contributed by atoms with Crippen LogP contribution in [0.4, 0.5) is 5.13 Å². The predicted octanol–water partition coefficient (Wildman–Crippen LogP) is 3.52. The van der Waals surface area contributed by atoms with Crippen LogP contribution in [0.5, 0.6) is 0 Å². The van der Waals surface area contributed by atoms with Gasteiger partial charge in [0.05, 0.1) is 5.69 Å². The Morgan fingerprint density at radius 2 is 2.38 bits per heavy atom. The maximum atomic E-state index is 11.5. The summed E-state index contributed by atoms with van der Waals surface area (Å²) in [5.41, 5.74) is 1.15. The van der Waals surface area contributed by atoms with Crippen LogP contribution in [0.15, 0.2) is 5.38 Å². The first-order valence-electron chi connectivity index (χ1n) is 5.61. The normalized spacial score (nSPS) is 15.1. The highest BCUT2D eigenvalue weighted by Crippen LogP contribution is 2.40. The molecule has 2 rings (SSSR count). The van der Waals surface area contributed by atoms with E-state index >= 15 is 0 Å². The summed E-state index contributed by atoms with van der Waals surface area (Å²) >= 11 is 4.88. The summed E-state index contributed by atoms with van der Waals surface area (Å²) in [5, 5.41) is 6.64. The number of rotatable bonds is 6. The molecule has 0 bridgehead atoms. The van der Waals surface area contributed by atoms with E-state index in [0.29, 0.717) is 12.3 Å². The summed E-state index contributed by atoms with van der Waals surface area (Å²) in [7, 11) is 0. The van der Waals surface area contributed by atoms with Gasteiger partial charge in [0.25, 0.3) is 0 Å². The second-order valence-corrected chi connectivity index (χ2v) is 5.70. The molecule has 0 radical (unpaired) electrons. The molecule has 1 aliphatic rings. The molecule has 0 aliphatic heterocycles. The summed E-state index contributed by atoms with van der Waals surface area (Å²) in [6.45, 7) is 0. The fraction of sp³-hybridized carbons (Fsp3) is 0.636. The smallest absolute Gasteiger partial charge is 0.226 e. The van der Waals surface area contributed by atoms with E-state index in [2.05, 4.69) is 31.6 Å².